The van der Waals surface area contributed by atoms with Crippen LogP contribution in [0.1, 0.15) is 10.9 Å². The van der Waals surface area contributed by atoms with Crippen molar-refractivity contribution >= 4 is 29.3 Å². The molecule has 104 valence electrons. The van der Waals surface area contributed by atoms with Crippen molar-refractivity contribution in [3.8, 4) is 0 Å². The highest BCUT2D eigenvalue weighted by atomic mass is 35.5. The Morgan fingerprint density at radius 1 is 1.25 bits per heavy atom. The molecular formula is C15H15ClN2OS. The van der Waals surface area contributed by atoms with Crippen LogP contribution in [-0.2, 0) is 11.3 Å². The van der Waals surface area contributed by atoms with Gasteiger partial charge < -0.3 is 9.47 Å². The number of benzene rings is 1. The molecule has 2 heterocycles. The smallest absolute Gasteiger partial charge is 0.243 e. The van der Waals surface area contributed by atoms with Crippen LogP contribution in [-0.4, -0.2) is 27.7 Å². The van der Waals surface area contributed by atoms with E-state index in [-0.39, 0.29) is 11.3 Å². The number of aromatic nitrogens is 1. The maximum atomic E-state index is 12.4. The quantitative estimate of drug-likeness (QED) is 0.868. The normalized spacial score (nSPS) is 18.4. The van der Waals surface area contributed by atoms with Gasteiger partial charge >= 0.3 is 0 Å². The molecule has 1 aliphatic heterocycles. The summed E-state index contributed by atoms with van der Waals surface area (Å²) in [5, 5.41) is 0.831. The fourth-order valence-corrected chi connectivity index (χ4v) is 3.76. The molecule has 1 aliphatic rings. The molecule has 0 aliphatic carbocycles. The number of carbonyl (C=O) groups excluding carboxylic acids is 1. The fraction of sp³-hybridized carbons (Fsp3) is 0.267. The summed E-state index contributed by atoms with van der Waals surface area (Å²) in [6, 6.07) is 11.6. The number of rotatable bonds is 3. The van der Waals surface area contributed by atoms with E-state index in [9.17, 15) is 4.79 Å². The first-order valence-corrected chi connectivity index (χ1v) is 7.94. The minimum absolute atomic E-state index is 0.107. The van der Waals surface area contributed by atoms with E-state index in [1.165, 1.54) is 0 Å². The van der Waals surface area contributed by atoms with Gasteiger partial charge in [0.2, 0.25) is 5.91 Å². The van der Waals surface area contributed by atoms with E-state index in [1.807, 2.05) is 58.3 Å². The largest absolute Gasteiger partial charge is 0.345 e. The number of nitrogens with zero attached hydrogens (tertiary/aromatic N) is 2. The van der Waals surface area contributed by atoms with Crippen LogP contribution in [0.3, 0.4) is 0 Å². The molecule has 0 radical (unpaired) electrons. The lowest BCUT2D eigenvalue weighted by molar-refractivity contribution is -0.132. The lowest BCUT2D eigenvalue weighted by atomic mass is 10.2. The number of amides is 1. The Morgan fingerprint density at radius 3 is 2.65 bits per heavy atom. The second-order valence-corrected chi connectivity index (χ2v) is 6.34. The Kier molecular flexibility index (Phi) is 4.03. The number of carbonyl (C=O) groups is 1. The van der Waals surface area contributed by atoms with Crippen molar-refractivity contribution in [3.05, 3.63) is 59.4 Å². The van der Waals surface area contributed by atoms with Crippen LogP contribution in [0.5, 0.6) is 0 Å². The molecule has 1 aromatic carbocycles. The zero-order valence-electron chi connectivity index (χ0n) is 10.9. The van der Waals surface area contributed by atoms with Crippen LogP contribution in [0.4, 0.5) is 0 Å². The molecule has 3 nitrogen and oxygen atoms in total. The molecule has 0 N–H and O–H groups in total. The molecule has 2 aromatic rings. The summed E-state index contributed by atoms with van der Waals surface area (Å²) >= 11 is 7.72. The third-order valence-electron chi connectivity index (χ3n) is 3.35. The molecule has 3 rings (SSSR count). The van der Waals surface area contributed by atoms with E-state index in [2.05, 4.69) is 0 Å². The molecule has 1 atom stereocenters. The second kappa shape index (κ2) is 5.94. The Labute approximate surface area is 127 Å². The predicted molar refractivity (Wildman–Crippen MR) is 82.8 cm³/mol. The molecule has 0 bridgehead atoms. The van der Waals surface area contributed by atoms with Crippen molar-refractivity contribution in [2.24, 2.45) is 0 Å². The van der Waals surface area contributed by atoms with E-state index < -0.39 is 0 Å². The predicted octanol–water partition coefficient (Wildman–Crippen LogP) is 3.42. The number of halogens is 1. The average Bonchev–Trinajstić information content (AvgIpc) is 3.10. The van der Waals surface area contributed by atoms with Gasteiger partial charge in [0.25, 0.3) is 0 Å². The summed E-state index contributed by atoms with van der Waals surface area (Å²) < 4.78 is 1.91. The first-order valence-electron chi connectivity index (χ1n) is 6.51. The maximum Gasteiger partial charge on any atom is 0.243 e. The molecule has 5 heteroatoms. The van der Waals surface area contributed by atoms with Crippen molar-refractivity contribution in [1.29, 1.82) is 0 Å². The van der Waals surface area contributed by atoms with Gasteiger partial charge in [-0.15, -0.1) is 11.8 Å². The molecular weight excluding hydrogens is 292 g/mol. The van der Waals surface area contributed by atoms with Crippen molar-refractivity contribution in [1.82, 2.24) is 9.47 Å². The van der Waals surface area contributed by atoms with E-state index in [1.54, 1.807) is 11.8 Å². The van der Waals surface area contributed by atoms with Gasteiger partial charge in [-0.25, -0.2) is 0 Å². The van der Waals surface area contributed by atoms with Crippen LogP contribution in [0.15, 0.2) is 48.8 Å². The van der Waals surface area contributed by atoms with Gasteiger partial charge in [0, 0.05) is 29.7 Å². The second-order valence-electron chi connectivity index (χ2n) is 4.72. The van der Waals surface area contributed by atoms with Gasteiger partial charge in [0.05, 0.1) is 0 Å². The Morgan fingerprint density at radius 2 is 1.95 bits per heavy atom. The van der Waals surface area contributed by atoms with E-state index >= 15 is 0 Å². The zero-order chi connectivity index (χ0) is 13.9. The van der Waals surface area contributed by atoms with Gasteiger partial charge in [-0.1, -0.05) is 23.7 Å². The van der Waals surface area contributed by atoms with Crippen LogP contribution in [0.2, 0.25) is 5.02 Å². The summed E-state index contributed by atoms with van der Waals surface area (Å²) in [7, 11) is 0. The van der Waals surface area contributed by atoms with Crippen molar-refractivity contribution < 1.29 is 4.79 Å². The minimum atomic E-state index is 0.107. The standard InChI is InChI=1S/C15H15ClN2OS/c16-13-5-3-12(4-6-13)15-18(9-10-20-15)14(19)11-17-7-1-2-8-17/h1-8,15H,9-11H2. The van der Waals surface area contributed by atoms with Gasteiger partial charge in [0.15, 0.2) is 0 Å². The maximum absolute atomic E-state index is 12.4. The summed E-state index contributed by atoms with van der Waals surface area (Å²) in [6.07, 6.45) is 3.83. The van der Waals surface area contributed by atoms with Crippen LogP contribution in [0, 0.1) is 0 Å². The van der Waals surface area contributed by atoms with Gasteiger partial charge in [-0.2, -0.15) is 0 Å². The Balaban J connectivity index is 1.75. The fourth-order valence-electron chi connectivity index (χ4n) is 2.35. The molecule has 1 saturated heterocycles. The minimum Gasteiger partial charge on any atom is -0.345 e. The van der Waals surface area contributed by atoms with Gasteiger partial charge in [-0.05, 0) is 29.8 Å². The summed E-state index contributed by atoms with van der Waals surface area (Å²) in [5.74, 6) is 1.14. The molecule has 0 saturated carbocycles. The summed E-state index contributed by atoms with van der Waals surface area (Å²) in [6.45, 7) is 1.20. The SMILES string of the molecule is O=C(Cn1cccc1)N1CCSC1c1ccc(Cl)cc1. The van der Waals surface area contributed by atoms with E-state index in [4.69, 9.17) is 11.6 Å². The van der Waals surface area contributed by atoms with Crippen molar-refractivity contribution in [2.75, 3.05) is 12.3 Å². The number of hydrogen-bond donors (Lipinski definition) is 0. The third kappa shape index (κ3) is 2.86. The summed E-state index contributed by atoms with van der Waals surface area (Å²) in [4.78, 5) is 14.4. The molecule has 1 unspecified atom stereocenters. The third-order valence-corrected chi connectivity index (χ3v) is 4.86. The average molecular weight is 307 g/mol. The molecule has 1 amide bonds. The highest BCUT2D eigenvalue weighted by Crippen LogP contribution is 2.38. The molecule has 1 aromatic heterocycles. The molecule has 20 heavy (non-hydrogen) atoms. The van der Waals surface area contributed by atoms with Gasteiger partial charge in [0.1, 0.15) is 11.9 Å². The van der Waals surface area contributed by atoms with Crippen LogP contribution >= 0.6 is 23.4 Å². The highest BCUT2D eigenvalue weighted by molar-refractivity contribution is 7.99. The van der Waals surface area contributed by atoms with Crippen LogP contribution in [0.25, 0.3) is 0 Å². The first-order chi connectivity index (χ1) is 9.74. The molecule has 1 fully saturated rings. The highest BCUT2D eigenvalue weighted by Gasteiger charge is 2.30. The Bertz CT molecular complexity index is 582. The monoisotopic (exact) mass is 306 g/mol. The number of hydrogen-bond acceptors (Lipinski definition) is 2. The topological polar surface area (TPSA) is 25.2 Å². The lowest BCUT2D eigenvalue weighted by Gasteiger charge is -2.24. The van der Waals surface area contributed by atoms with E-state index in [0.29, 0.717) is 6.54 Å². The lowest BCUT2D eigenvalue weighted by Crippen LogP contribution is -2.33. The summed E-state index contributed by atoms with van der Waals surface area (Å²) in [5.41, 5.74) is 1.14. The molecule has 0 spiro atoms. The van der Waals surface area contributed by atoms with Crippen molar-refractivity contribution in [2.45, 2.75) is 11.9 Å². The van der Waals surface area contributed by atoms with Crippen LogP contribution < -0.4 is 0 Å². The van der Waals surface area contributed by atoms with E-state index in [0.717, 1.165) is 22.9 Å². The Hall–Kier alpha value is -1.39. The van der Waals surface area contributed by atoms with Crippen molar-refractivity contribution in [3.63, 3.8) is 0 Å². The first kappa shape index (κ1) is 13.6. The zero-order valence-corrected chi connectivity index (χ0v) is 12.5. The van der Waals surface area contributed by atoms with Gasteiger partial charge in [-0.3, -0.25) is 4.79 Å². The number of thioether (sulfide) groups is 1.